The summed E-state index contributed by atoms with van der Waals surface area (Å²) in [6.45, 7) is 1.47. The van der Waals surface area contributed by atoms with Gasteiger partial charge in [-0.1, -0.05) is 12.1 Å². The van der Waals surface area contributed by atoms with Gasteiger partial charge in [0.15, 0.2) is 0 Å². The van der Waals surface area contributed by atoms with E-state index in [0.717, 1.165) is 29.9 Å². The van der Waals surface area contributed by atoms with Crippen LogP contribution in [0.15, 0.2) is 24.3 Å². The lowest BCUT2D eigenvalue weighted by atomic mass is 10.1. The molecule has 1 amide bonds. The molecule has 0 spiro atoms. The molecule has 4 nitrogen and oxygen atoms in total. The molecule has 1 aliphatic rings. The Morgan fingerprint density at radius 2 is 2.33 bits per heavy atom. The van der Waals surface area contributed by atoms with Crippen molar-refractivity contribution in [2.75, 3.05) is 6.54 Å². The van der Waals surface area contributed by atoms with Gasteiger partial charge in [0.1, 0.15) is 5.01 Å². The predicted octanol–water partition coefficient (Wildman–Crippen LogP) is 1.66. The number of piperidine rings is 1. The van der Waals surface area contributed by atoms with Crippen molar-refractivity contribution in [3.63, 3.8) is 0 Å². The average Bonchev–Trinajstić information content (AvgIpc) is 2.80. The summed E-state index contributed by atoms with van der Waals surface area (Å²) in [5, 5.41) is 7.20. The average molecular weight is 261 g/mol. The zero-order chi connectivity index (χ0) is 12.4. The fraction of sp³-hybridized carbons (Fsp3) is 0.385. The maximum absolute atomic E-state index is 11.6. The molecule has 0 saturated carbocycles. The van der Waals surface area contributed by atoms with E-state index in [1.807, 2.05) is 18.2 Å². The number of fused-ring (bicyclic) bond motifs is 1. The van der Waals surface area contributed by atoms with E-state index in [1.54, 1.807) is 11.3 Å². The Kier molecular flexibility index (Phi) is 3.25. The van der Waals surface area contributed by atoms with Crippen LogP contribution in [0.25, 0.3) is 10.2 Å². The van der Waals surface area contributed by atoms with Gasteiger partial charge in [0.2, 0.25) is 5.91 Å². The number of rotatable bonds is 3. The van der Waals surface area contributed by atoms with E-state index in [-0.39, 0.29) is 11.9 Å². The maximum atomic E-state index is 11.6. The molecule has 1 aromatic carbocycles. The molecule has 0 radical (unpaired) electrons. The lowest BCUT2D eigenvalue weighted by Gasteiger charge is -2.22. The molecule has 0 bridgehead atoms. The second-order valence-electron chi connectivity index (χ2n) is 4.44. The molecular weight excluding hydrogens is 246 g/mol. The van der Waals surface area contributed by atoms with Crippen molar-refractivity contribution in [2.45, 2.75) is 25.4 Å². The number of nitrogens with zero attached hydrogens (tertiary/aromatic N) is 1. The summed E-state index contributed by atoms with van der Waals surface area (Å²) < 4.78 is 1.20. The van der Waals surface area contributed by atoms with Crippen molar-refractivity contribution in [1.29, 1.82) is 0 Å². The molecule has 0 aliphatic carbocycles. The number of aromatic nitrogens is 1. The largest absolute Gasteiger partial charge is 0.355 e. The number of para-hydroxylation sites is 1. The number of hydrogen-bond acceptors (Lipinski definition) is 4. The van der Waals surface area contributed by atoms with Crippen LogP contribution in [0.5, 0.6) is 0 Å². The standard InChI is InChI=1S/C13H15N3OS/c17-13-10(5-3-7-14-13)15-8-12-16-9-4-1-2-6-11(9)18-12/h1-2,4,6,10,15H,3,5,7-8H2,(H,14,17). The second-order valence-corrected chi connectivity index (χ2v) is 5.56. The predicted molar refractivity (Wildman–Crippen MR) is 72.5 cm³/mol. The first kappa shape index (κ1) is 11.6. The third kappa shape index (κ3) is 2.37. The highest BCUT2D eigenvalue weighted by atomic mass is 32.1. The van der Waals surface area contributed by atoms with Gasteiger partial charge in [-0.25, -0.2) is 4.98 Å². The zero-order valence-electron chi connectivity index (χ0n) is 9.98. The quantitative estimate of drug-likeness (QED) is 0.883. The maximum Gasteiger partial charge on any atom is 0.237 e. The molecule has 1 atom stereocenters. The Labute approximate surface area is 109 Å². The second kappa shape index (κ2) is 5.04. The van der Waals surface area contributed by atoms with Crippen molar-refractivity contribution in [2.24, 2.45) is 0 Å². The highest BCUT2D eigenvalue weighted by Gasteiger charge is 2.21. The highest BCUT2D eigenvalue weighted by Crippen LogP contribution is 2.21. The minimum absolute atomic E-state index is 0.0641. The Morgan fingerprint density at radius 3 is 3.17 bits per heavy atom. The minimum atomic E-state index is -0.0641. The van der Waals surface area contributed by atoms with Crippen molar-refractivity contribution >= 4 is 27.5 Å². The van der Waals surface area contributed by atoms with Crippen molar-refractivity contribution in [1.82, 2.24) is 15.6 Å². The molecule has 1 aromatic heterocycles. The SMILES string of the molecule is O=C1NCCCC1NCc1nc2ccccc2s1. The summed E-state index contributed by atoms with van der Waals surface area (Å²) in [6, 6.07) is 8.04. The summed E-state index contributed by atoms with van der Waals surface area (Å²) >= 11 is 1.68. The number of nitrogens with one attached hydrogen (secondary N) is 2. The van der Waals surface area contributed by atoms with E-state index in [1.165, 1.54) is 4.70 Å². The lowest BCUT2D eigenvalue weighted by Crippen LogP contribution is -2.47. The molecular formula is C13H15N3OS. The summed E-state index contributed by atoms with van der Waals surface area (Å²) in [7, 11) is 0. The third-order valence-electron chi connectivity index (χ3n) is 3.12. The number of carbonyl (C=O) groups is 1. The smallest absolute Gasteiger partial charge is 0.237 e. The van der Waals surface area contributed by atoms with Crippen LogP contribution in [-0.2, 0) is 11.3 Å². The van der Waals surface area contributed by atoms with Crippen LogP contribution in [-0.4, -0.2) is 23.5 Å². The highest BCUT2D eigenvalue weighted by molar-refractivity contribution is 7.18. The van der Waals surface area contributed by atoms with Gasteiger partial charge >= 0.3 is 0 Å². The fourth-order valence-electron chi connectivity index (χ4n) is 2.17. The Morgan fingerprint density at radius 1 is 1.44 bits per heavy atom. The van der Waals surface area contributed by atoms with Gasteiger partial charge in [0.05, 0.1) is 16.3 Å². The molecule has 1 saturated heterocycles. The molecule has 1 unspecified atom stereocenters. The van der Waals surface area contributed by atoms with Gasteiger partial charge in [0, 0.05) is 13.1 Å². The zero-order valence-corrected chi connectivity index (χ0v) is 10.8. The van der Waals surface area contributed by atoms with Gasteiger partial charge in [-0.2, -0.15) is 0 Å². The van der Waals surface area contributed by atoms with Crippen LogP contribution in [0.1, 0.15) is 17.8 Å². The van der Waals surface area contributed by atoms with E-state index in [2.05, 4.69) is 21.7 Å². The summed E-state index contributed by atoms with van der Waals surface area (Å²) in [5.41, 5.74) is 1.03. The molecule has 94 valence electrons. The molecule has 1 fully saturated rings. The molecule has 3 rings (SSSR count). The lowest BCUT2D eigenvalue weighted by molar-refractivity contribution is -0.124. The monoisotopic (exact) mass is 261 g/mol. The summed E-state index contributed by atoms with van der Waals surface area (Å²) in [5.74, 6) is 0.113. The first-order chi connectivity index (χ1) is 8.83. The van der Waals surface area contributed by atoms with Crippen LogP contribution in [0.2, 0.25) is 0 Å². The van der Waals surface area contributed by atoms with Gasteiger partial charge in [0.25, 0.3) is 0 Å². The van der Waals surface area contributed by atoms with Crippen molar-refractivity contribution < 1.29 is 4.79 Å². The number of amides is 1. The van der Waals surface area contributed by atoms with E-state index >= 15 is 0 Å². The van der Waals surface area contributed by atoms with Crippen LogP contribution >= 0.6 is 11.3 Å². The van der Waals surface area contributed by atoms with E-state index in [0.29, 0.717) is 6.54 Å². The number of thiazole rings is 1. The fourth-order valence-corrected chi connectivity index (χ4v) is 3.09. The van der Waals surface area contributed by atoms with E-state index < -0.39 is 0 Å². The summed E-state index contributed by atoms with van der Waals surface area (Å²) in [4.78, 5) is 16.1. The molecule has 5 heteroatoms. The van der Waals surface area contributed by atoms with Gasteiger partial charge in [-0.15, -0.1) is 11.3 Å². The van der Waals surface area contributed by atoms with E-state index in [4.69, 9.17) is 0 Å². The Balaban J connectivity index is 1.67. The molecule has 1 aliphatic heterocycles. The molecule has 2 N–H and O–H groups in total. The van der Waals surface area contributed by atoms with Crippen molar-refractivity contribution in [3.05, 3.63) is 29.3 Å². The minimum Gasteiger partial charge on any atom is -0.355 e. The van der Waals surface area contributed by atoms with Crippen LogP contribution in [0.4, 0.5) is 0 Å². The summed E-state index contributed by atoms with van der Waals surface area (Å²) in [6.07, 6.45) is 1.96. The van der Waals surface area contributed by atoms with Crippen molar-refractivity contribution in [3.8, 4) is 0 Å². The first-order valence-electron chi connectivity index (χ1n) is 6.18. The first-order valence-corrected chi connectivity index (χ1v) is 7.00. The molecule has 18 heavy (non-hydrogen) atoms. The van der Waals surface area contributed by atoms with E-state index in [9.17, 15) is 4.79 Å². The normalized spacial score (nSPS) is 20.0. The molecule has 2 heterocycles. The van der Waals surface area contributed by atoms with Crippen LogP contribution in [0.3, 0.4) is 0 Å². The van der Waals surface area contributed by atoms with Crippen LogP contribution < -0.4 is 10.6 Å². The Hall–Kier alpha value is -1.46. The number of carbonyl (C=O) groups excluding carboxylic acids is 1. The third-order valence-corrected chi connectivity index (χ3v) is 4.16. The number of benzene rings is 1. The van der Waals surface area contributed by atoms with Gasteiger partial charge in [-0.05, 0) is 25.0 Å². The molecule has 2 aromatic rings. The number of hydrogen-bond donors (Lipinski definition) is 2. The van der Waals surface area contributed by atoms with Crippen LogP contribution in [0, 0.1) is 0 Å². The van der Waals surface area contributed by atoms with Gasteiger partial charge < -0.3 is 5.32 Å². The van der Waals surface area contributed by atoms with Gasteiger partial charge in [-0.3, -0.25) is 10.1 Å². The Bertz CT molecular complexity index is 533. The topological polar surface area (TPSA) is 54.0 Å².